The maximum atomic E-state index is 8.66. The quantitative estimate of drug-likeness (QED) is 0.599. The molecule has 21 heavy (non-hydrogen) atoms. The normalized spacial score (nSPS) is 11.0. The minimum atomic E-state index is 0.0628. The third-order valence-corrected chi connectivity index (χ3v) is 3.93. The first-order valence-corrected chi connectivity index (χ1v) is 8.06. The van der Waals surface area contributed by atoms with Crippen LogP contribution in [0.3, 0.4) is 0 Å². The van der Waals surface area contributed by atoms with E-state index in [9.17, 15) is 0 Å². The summed E-state index contributed by atoms with van der Waals surface area (Å²) >= 11 is 1.62. The van der Waals surface area contributed by atoms with E-state index in [2.05, 4.69) is 46.8 Å². The predicted octanol–water partition coefficient (Wildman–Crippen LogP) is 2.37. The standard InChI is InChI=1S/C15H21N3O2S/c1-3-18-14(13-6-4-5-12(2)11-13)16-17-15(18)21-10-9-20-8-7-19/h4-6,11,19H,3,7-10H2,1-2H3. The largest absolute Gasteiger partial charge is 0.394 e. The molecule has 0 unspecified atom stereocenters. The molecule has 0 bridgehead atoms. The van der Waals surface area contributed by atoms with Gasteiger partial charge in [0, 0.05) is 17.9 Å². The lowest BCUT2D eigenvalue weighted by molar-refractivity contribution is 0.103. The number of aromatic nitrogens is 3. The maximum absolute atomic E-state index is 8.66. The molecule has 1 N–H and O–H groups in total. The van der Waals surface area contributed by atoms with E-state index in [1.807, 2.05) is 6.07 Å². The molecule has 0 aliphatic heterocycles. The van der Waals surface area contributed by atoms with Crippen LogP contribution in [0, 0.1) is 6.92 Å². The van der Waals surface area contributed by atoms with Gasteiger partial charge in [-0.2, -0.15) is 0 Å². The van der Waals surface area contributed by atoms with E-state index in [1.54, 1.807) is 11.8 Å². The van der Waals surface area contributed by atoms with E-state index < -0.39 is 0 Å². The predicted molar refractivity (Wildman–Crippen MR) is 84.5 cm³/mol. The lowest BCUT2D eigenvalue weighted by atomic mass is 10.1. The highest BCUT2D eigenvalue weighted by atomic mass is 32.2. The lowest BCUT2D eigenvalue weighted by Crippen LogP contribution is -2.04. The van der Waals surface area contributed by atoms with Gasteiger partial charge in [-0.05, 0) is 19.9 Å². The van der Waals surface area contributed by atoms with E-state index >= 15 is 0 Å². The van der Waals surface area contributed by atoms with Gasteiger partial charge in [0.25, 0.3) is 0 Å². The summed E-state index contributed by atoms with van der Waals surface area (Å²) in [5, 5.41) is 18.2. The number of hydrogen-bond acceptors (Lipinski definition) is 5. The summed E-state index contributed by atoms with van der Waals surface area (Å²) in [6.07, 6.45) is 0. The van der Waals surface area contributed by atoms with Crippen LogP contribution in [0.5, 0.6) is 0 Å². The monoisotopic (exact) mass is 307 g/mol. The Kier molecular flexibility index (Phi) is 6.22. The van der Waals surface area contributed by atoms with Crippen molar-refractivity contribution in [3.8, 4) is 11.4 Å². The second-order valence-electron chi connectivity index (χ2n) is 4.60. The second kappa shape index (κ2) is 8.17. The molecule has 0 aliphatic carbocycles. The molecule has 0 amide bonds. The van der Waals surface area contributed by atoms with Gasteiger partial charge in [-0.15, -0.1) is 10.2 Å². The Morgan fingerprint density at radius 2 is 2.14 bits per heavy atom. The summed E-state index contributed by atoms with van der Waals surface area (Å²) in [4.78, 5) is 0. The van der Waals surface area contributed by atoms with Crippen molar-refractivity contribution in [2.24, 2.45) is 0 Å². The van der Waals surface area contributed by atoms with Gasteiger partial charge >= 0.3 is 0 Å². The third-order valence-electron chi connectivity index (χ3n) is 3.00. The molecule has 0 radical (unpaired) electrons. The summed E-state index contributed by atoms with van der Waals surface area (Å²) < 4.78 is 7.37. The SMILES string of the molecule is CCn1c(SCCOCCO)nnc1-c1cccc(C)c1. The molecule has 1 aromatic carbocycles. The molecule has 1 heterocycles. The van der Waals surface area contributed by atoms with Gasteiger partial charge in [0.2, 0.25) is 0 Å². The molecule has 0 spiro atoms. The zero-order valence-corrected chi connectivity index (χ0v) is 13.3. The zero-order valence-electron chi connectivity index (χ0n) is 12.5. The zero-order chi connectivity index (χ0) is 15.1. The van der Waals surface area contributed by atoms with E-state index in [1.165, 1.54) is 5.56 Å². The fourth-order valence-corrected chi connectivity index (χ4v) is 2.89. The summed E-state index contributed by atoms with van der Waals surface area (Å²) in [7, 11) is 0. The van der Waals surface area contributed by atoms with Gasteiger partial charge in [0.15, 0.2) is 11.0 Å². The van der Waals surface area contributed by atoms with Gasteiger partial charge in [-0.25, -0.2) is 0 Å². The van der Waals surface area contributed by atoms with Gasteiger partial charge in [-0.3, -0.25) is 0 Å². The number of nitrogens with zero attached hydrogens (tertiary/aromatic N) is 3. The van der Waals surface area contributed by atoms with Crippen LogP contribution in [0.25, 0.3) is 11.4 Å². The fraction of sp³-hybridized carbons (Fsp3) is 0.467. The molecule has 0 atom stereocenters. The molecule has 0 saturated heterocycles. The minimum Gasteiger partial charge on any atom is -0.394 e. The minimum absolute atomic E-state index is 0.0628. The topological polar surface area (TPSA) is 60.2 Å². The van der Waals surface area contributed by atoms with E-state index in [-0.39, 0.29) is 6.61 Å². The summed E-state index contributed by atoms with van der Waals surface area (Å²) in [5.74, 6) is 1.70. The van der Waals surface area contributed by atoms with E-state index in [0.29, 0.717) is 13.2 Å². The Bertz CT molecular complexity index is 572. The lowest BCUT2D eigenvalue weighted by Gasteiger charge is -2.08. The van der Waals surface area contributed by atoms with Crippen LogP contribution >= 0.6 is 11.8 Å². The molecule has 0 saturated carbocycles. The van der Waals surface area contributed by atoms with Crippen molar-refractivity contribution in [3.63, 3.8) is 0 Å². The highest BCUT2D eigenvalue weighted by Crippen LogP contribution is 2.24. The Morgan fingerprint density at radius 3 is 2.86 bits per heavy atom. The highest BCUT2D eigenvalue weighted by molar-refractivity contribution is 7.99. The first kappa shape index (κ1) is 16.0. The molecule has 2 rings (SSSR count). The number of thioether (sulfide) groups is 1. The molecule has 0 aliphatic rings. The second-order valence-corrected chi connectivity index (χ2v) is 5.67. The summed E-state index contributed by atoms with van der Waals surface area (Å²) in [6, 6.07) is 8.29. The summed E-state index contributed by atoms with van der Waals surface area (Å²) in [6.45, 7) is 6.04. The summed E-state index contributed by atoms with van der Waals surface area (Å²) in [5.41, 5.74) is 2.30. The molecular weight excluding hydrogens is 286 g/mol. The Hall–Kier alpha value is -1.37. The number of benzene rings is 1. The average Bonchev–Trinajstić information content (AvgIpc) is 2.90. The highest BCUT2D eigenvalue weighted by Gasteiger charge is 2.12. The van der Waals surface area contributed by atoms with Crippen molar-refractivity contribution in [3.05, 3.63) is 29.8 Å². The van der Waals surface area contributed by atoms with Crippen LogP contribution in [0.2, 0.25) is 0 Å². The first-order chi connectivity index (χ1) is 10.3. The number of ether oxygens (including phenoxy) is 1. The van der Waals surface area contributed by atoms with Gasteiger partial charge in [0.05, 0.1) is 19.8 Å². The van der Waals surface area contributed by atoms with Crippen molar-refractivity contribution in [2.45, 2.75) is 25.5 Å². The Balaban J connectivity index is 2.07. The molecule has 5 nitrogen and oxygen atoms in total. The van der Waals surface area contributed by atoms with Crippen molar-refractivity contribution < 1.29 is 9.84 Å². The van der Waals surface area contributed by atoms with E-state index in [0.717, 1.165) is 28.8 Å². The molecule has 2 aromatic rings. The Morgan fingerprint density at radius 1 is 1.29 bits per heavy atom. The van der Waals surface area contributed by atoms with Crippen molar-refractivity contribution in [1.29, 1.82) is 0 Å². The number of hydrogen-bond donors (Lipinski definition) is 1. The number of aryl methyl sites for hydroxylation is 1. The molecule has 6 heteroatoms. The van der Waals surface area contributed by atoms with Crippen molar-refractivity contribution in [1.82, 2.24) is 14.8 Å². The number of rotatable bonds is 8. The van der Waals surface area contributed by atoms with Crippen LogP contribution in [-0.4, -0.2) is 45.4 Å². The number of aliphatic hydroxyl groups excluding tert-OH is 1. The van der Waals surface area contributed by atoms with Crippen LogP contribution in [-0.2, 0) is 11.3 Å². The maximum Gasteiger partial charge on any atom is 0.191 e. The fourth-order valence-electron chi connectivity index (χ4n) is 2.04. The Labute approximate surface area is 129 Å². The van der Waals surface area contributed by atoms with Crippen LogP contribution in [0.15, 0.2) is 29.4 Å². The van der Waals surface area contributed by atoms with Crippen molar-refractivity contribution in [2.75, 3.05) is 25.6 Å². The molecule has 0 fully saturated rings. The van der Waals surface area contributed by atoms with Crippen molar-refractivity contribution >= 4 is 11.8 Å². The average molecular weight is 307 g/mol. The van der Waals surface area contributed by atoms with Crippen LogP contribution in [0.1, 0.15) is 12.5 Å². The molecular formula is C15H21N3O2S. The van der Waals surface area contributed by atoms with Gasteiger partial charge in [0.1, 0.15) is 0 Å². The van der Waals surface area contributed by atoms with Crippen LogP contribution < -0.4 is 0 Å². The molecule has 114 valence electrons. The smallest absolute Gasteiger partial charge is 0.191 e. The van der Waals surface area contributed by atoms with Gasteiger partial charge < -0.3 is 14.4 Å². The third kappa shape index (κ3) is 4.30. The van der Waals surface area contributed by atoms with Crippen LogP contribution in [0.4, 0.5) is 0 Å². The van der Waals surface area contributed by atoms with E-state index in [4.69, 9.17) is 9.84 Å². The van der Waals surface area contributed by atoms with Gasteiger partial charge in [-0.1, -0.05) is 35.5 Å². The first-order valence-electron chi connectivity index (χ1n) is 7.08. The molecule has 1 aromatic heterocycles. The number of aliphatic hydroxyl groups is 1.